The van der Waals surface area contributed by atoms with Gasteiger partial charge in [0.2, 0.25) is 0 Å². The van der Waals surface area contributed by atoms with Crippen molar-refractivity contribution in [1.29, 1.82) is 0 Å². The molecule has 0 unspecified atom stereocenters. The monoisotopic (exact) mass is 355 g/mol. The summed E-state index contributed by atoms with van der Waals surface area (Å²) in [5, 5.41) is 4.92. The summed E-state index contributed by atoms with van der Waals surface area (Å²) in [4.78, 5) is 12.0. The highest BCUT2D eigenvalue weighted by molar-refractivity contribution is 5.84. The van der Waals surface area contributed by atoms with Crippen LogP contribution in [0.15, 0.2) is 27.1 Å². The van der Waals surface area contributed by atoms with Crippen LogP contribution in [0.5, 0.6) is 5.75 Å². The average molecular weight is 355 g/mol. The number of rotatable bonds is 5. The summed E-state index contributed by atoms with van der Waals surface area (Å²) >= 11 is 0. The van der Waals surface area contributed by atoms with Crippen LogP contribution in [0.3, 0.4) is 0 Å². The van der Waals surface area contributed by atoms with Crippen molar-refractivity contribution < 1.29 is 23.2 Å². The molecule has 1 aliphatic rings. The van der Waals surface area contributed by atoms with E-state index in [9.17, 15) is 4.79 Å². The Labute approximate surface area is 151 Å². The number of hydrogen-bond acceptors (Lipinski definition) is 6. The van der Waals surface area contributed by atoms with Crippen LogP contribution >= 0.6 is 0 Å². The SMILES string of the molecule is Cc1noc(C)c1COC(=O)COc1ccc2oc3c(c2c1)CCCC3. The van der Waals surface area contributed by atoms with Gasteiger partial charge in [-0.3, -0.25) is 0 Å². The van der Waals surface area contributed by atoms with Crippen LogP contribution < -0.4 is 4.74 Å². The fourth-order valence-corrected chi connectivity index (χ4v) is 3.38. The van der Waals surface area contributed by atoms with Gasteiger partial charge in [0.1, 0.15) is 29.5 Å². The second-order valence-corrected chi connectivity index (χ2v) is 6.62. The maximum Gasteiger partial charge on any atom is 0.344 e. The molecule has 1 aliphatic carbocycles. The van der Waals surface area contributed by atoms with E-state index in [1.54, 1.807) is 6.92 Å². The number of aromatic nitrogens is 1. The Morgan fingerprint density at radius 1 is 1.23 bits per heavy atom. The Hall–Kier alpha value is -2.76. The van der Waals surface area contributed by atoms with Crippen LogP contribution in [-0.2, 0) is 29.0 Å². The first-order valence-electron chi connectivity index (χ1n) is 8.86. The molecule has 1 aromatic carbocycles. The van der Waals surface area contributed by atoms with Crippen molar-refractivity contribution in [3.63, 3.8) is 0 Å². The third-order valence-electron chi connectivity index (χ3n) is 4.84. The molecule has 3 aromatic rings. The van der Waals surface area contributed by atoms with E-state index in [0.29, 0.717) is 11.5 Å². The number of fused-ring (bicyclic) bond motifs is 3. The van der Waals surface area contributed by atoms with Gasteiger partial charge < -0.3 is 18.4 Å². The smallest absolute Gasteiger partial charge is 0.344 e. The number of aryl methyl sites for hydroxylation is 4. The standard InChI is InChI=1S/C20H21NO5/c1-12-17(13(2)26-21-12)10-24-20(22)11-23-14-7-8-19-16(9-14)15-5-3-4-6-18(15)25-19/h7-9H,3-6,10-11H2,1-2H3. The van der Waals surface area contributed by atoms with E-state index in [1.807, 2.05) is 25.1 Å². The molecule has 0 N–H and O–H groups in total. The van der Waals surface area contributed by atoms with Crippen molar-refractivity contribution >= 4 is 16.9 Å². The highest BCUT2D eigenvalue weighted by Crippen LogP contribution is 2.33. The number of ether oxygens (including phenoxy) is 2. The third-order valence-corrected chi connectivity index (χ3v) is 4.84. The minimum absolute atomic E-state index is 0.137. The number of benzene rings is 1. The van der Waals surface area contributed by atoms with Crippen LogP contribution in [-0.4, -0.2) is 17.7 Å². The van der Waals surface area contributed by atoms with Gasteiger partial charge in [-0.15, -0.1) is 0 Å². The van der Waals surface area contributed by atoms with Crippen LogP contribution in [0, 0.1) is 13.8 Å². The fraction of sp³-hybridized carbons (Fsp3) is 0.400. The van der Waals surface area contributed by atoms with E-state index < -0.39 is 5.97 Å². The summed E-state index contributed by atoms with van der Waals surface area (Å²) in [5.41, 5.74) is 3.68. The molecule has 0 atom stereocenters. The molecule has 0 fully saturated rings. The topological polar surface area (TPSA) is 74.7 Å². The van der Waals surface area contributed by atoms with Crippen molar-refractivity contribution in [3.05, 3.63) is 46.5 Å². The molecule has 0 bridgehead atoms. The minimum atomic E-state index is -0.431. The second kappa shape index (κ2) is 6.86. The normalized spacial score (nSPS) is 13.6. The molecule has 4 rings (SSSR count). The van der Waals surface area contributed by atoms with Gasteiger partial charge in [-0.25, -0.2) is 4.79 Å². The van der Waals surface area contributed by atoms with Gasteiger partial charge in [-0.2, -0.15) is 0 Å². The van der Waals surface area contributed by atoms with Crippen molar-refractivity contribution in [2.45, 2.75) is 46.1 Å². The number of nitrogens with zero attached hydrogens (tertiary/aromatic N) is 1. The minimum Gasteiger partial charge on any atom is -0.482 e. The lowest BCUT2D eigenvalue weighted by Gasteiger charge is -2.09. The largest absolute Gasteiger partial charge is 0.482 e. The molecule has 136 valence electrons. The van der Waals surface area contributed by atoms with Crippen molar-refractivity contribution in [2.75, 3.05) is 6.61 Å². The summed E-state index contributed by atoms with van der Waals surface area (Å²) in [5.74, 6) is 1.95. The van der Waals surface area contributed by atoms with E-state index in [1.165, 1.54) is 18.4 Å². The highest BCUT2D eigenvalue weighted by atomic mass is 16.6. The fourth-order valence-electron chi connectivity index (χ4n) is 3.38. The third kappa shape index (κ3) is 3.19. The molecule has 2 heterocycles. The predicted octanol–water partition coefficient (Wildman–Crippen LogP) is 4.04. The van der Waals surface area contributed by atoms with Crippen LogP contribution in [0.1, 0.15) is 41.2 Å². The summed E-state index contributed by atoms with van der Waals surface area (Å²) in [7, 11) is 0. The first-order valence-corrected chi connectivity index (χ1v) is 8.86. The molecule has 0 aliphatic heterocycles. The van der Waals surface area contributed by atoms with Crippen LogP contribution in [0.25, 0.3) is 11.0 Å². The van der Waals surface area contributed by atoms with Crippen LogP contribution in [0.4, 0.5) is 0 Å². The lowest BCUT2D eigenvalue weighted by Crippen LogP contribution is -2.15. The van der Waals surface area contributed by atoms with E-state index >= 15 is 0 Å². The Morgan fingerprint density at radius 2 is 2.08 bits per heavy atom. The van der Waals surface area contributed by atoms with Crippen LogP contribution in [0.2, 0.25) is 0 Å². The number of carbonyl (C=O) groups excluding carboxylic acids is 1. The lowest BCUT2D eigenvalue weighted by atomic mass is 9.96. The first kappa shape index (κ1) is 16.7. The molecule has 0 amide bonds. The maximum atomic E-state index is 12.0. The molecular formula is C20H21NO5. The van der Waals surface area contributed by atoms with Gasteiger partial charge in [0.15, 0.2) is 6.61 Å². The Kier molecular flexibility index (Phi) is 4.41. The summed E-state index contributed by atoms with van der Waals surface area (Å²) in [6.07, 6.45) is 4.38. The Morgan fingerprint density at radius 3 is 2.88 bits per heavy atom. The molecule has 0 radical (unpaired) electrons. The average Bonchev–Trinajstić information content (AvgIpc) is 3.18. The number of furan rings is 1. The van der Waals surface area contributed by atoms with Crippen molar-refractivity contribution in [2.24, 2.45) is 0 Å². The van der Waals surface area contributed by atoms with Gasteiger partial charge in [-0.05, 0) is 51.3 Å². The molecule has 0 saturated heterocycles. The Balaban J connectivity index is 1.39. The summed E-state index contributed by atoms with van der Waals surface area (Å²) < 4.78 is 21.8. The molecule has 0 spiro atoms. The maximum absolute atomic E-state index is 12.0. The first-order chi connectivity index (χ1) is 12.6. The highest BCUT2D eigenvalue weighted by Gasteiger charge is 2.18. The van der Waals surface area contributed by atoms with Gasteiger partial charge in [0, 0.05) is 17.4 Å². The van der Waals surface area contributed by atoms with E-state index in [-0.39, 0.29) is 13.2 Å². The van der Waals surface area contributed by atoms with E-state index in [4.69, 9.17) is 18.4 Å². The number of esters is 1. The van der Waals surface area contributed by atoms with E-state index in [0.717, 1.165) is 40.8 Å². The lowest BCUT2D eigenvalue weighted by molar-refractivity contribution is -0.147. The van der Waals surface area contributed by atoms with Gasteiger partial charge in [0.05, 0.1) is 11.3 Å². The quantitative estimate of drug-likeness (QED) is 0.643. The summed E-state index contributed by atoms with van der Waals surface area (Å²) in [6.45, 7) is 3.60. The molecule has 26 heavy (non-hydrogen) atoms. The molecule has 0 saturated carbocycles. The molecule has 2 aromatic heterocycles. The van der Waals surface area contributed by atoms with Gasteiger partial charge >= 0.3 is 5.97 Å². The van der Waals surface area contributed by atoms with E-state index in [2.05, 4.69) is 5.16 Å². The van der Waals surface area contributed by atoms with Crippen molar-refractivity contribution in [1.82, 2.24) is 5.16 Å². The zero-order valence-corrected chi connectivity index (χ0v) is 15.0. The molecule has 6 heteroatoms. The van der Waals surface area contributed by atoms with Crippen molar-refractivity contribution in [3.8, 4) is 5.75 Å². The molecule has 6 nitrogen and oxygen atoms in total. The van der Waals surface area contributed by atoms with Gasteiger partial charge in [-0.1, -0.05) is 5.16 Å². The Bertz CT molecular complexity index is 933. The number of carbonyl (C=O) groups is 1. The van der Waals surface area contributed by atoms with Gasteiger partial charge in [0.25, 0.3) is 0 Å². The summed E-state index contributed by atoms with van der Waals surface area (Å²) in [6, 6.07) is 5.67. The predicted molar refractivity (Wildman–Crippen MR) is 94.1 cm³/mol. The zero-order valence-electron chi connectivity index (χ0n) is 15.0. The number of hydrogen-bond donors (Lipinski definition) is 0. The zero-order chi connectivity index (χ0) is 18.1. The second-order valence-electron chi connectivity index (χ2n) is 6.62. The molecular weight excluding hydrogens is 334 g/mol.